The summed E-state index contributed by atoms with van der Waals surface area (Å²) in [5.74, 6) is 0.373. The fourth-order valence-electron chi connectivity index (χ4n) is 2.88. The van der Waals surface area contributed by atoms with Gasteiger partial charge in [0.25, 0.3) is 0 Å². The van der Waals surface area contributed by atoms with Gasteiger partial charge >= 0.3 is 5.97 Å². The van der Waals surface area contributed by atoms with Crippen LogP contribution in [-0.4, -0.2) is 68.3 Å². The Labute approximate surface area is 151 Å². The number of rotatable bonds is 6. The van der Waals surface area contributed by atoms with Crippen molar-refractivity contribution < 1.29 is 14.3 Å². The highest BCUT2D eigenvalue weighted by atomic mass is 16.6. The van der Waals surface area contributed by atoms with E-state index in [0.717, 1.165) is 32.7 Å². The first-order chi connectivity index (χ1) is 11.7. The maximum Gasteiger partial charge on any atom is 0.344 e. The molecule has 1 aromatic carbocycles. The molecule has 0 amide bonds. The number of hydrogen-bond donors (Lipinski definition) is 0. The van der Waals surface area contributed by atoms with E-state index >= 15 is 0 Å². The number of esters is 1. The molecule has 5 heteroatoms. The molecule has 1 heterocycles. The van der Waals surface area contributed by atoms with Crippen molar-refractivity contribution >= 4 is 5.97 Å². The number of nitrogens with zero attached hydrogens (tertiary/aromatic N) is 2. The van der Waals surface area contributed by atoms with E-state index < -0.39 is 0 Å². The van der Waals surface area contributed by atoms with Crippen LogP contribution in [0.5, 0.6) is 5.75 Å². The van der Waals surface area contributed by atoms with Gasteiger partial charge in [0.1, 0.15) is 11.9 Å². The minimum atomic E-state index is -0.318. The van der Waals surface area contributed by atoms with Crippen LogP contribution in [0.25, 0.3) is 0 Å². The SMILES string of the molecule is CC(CN1CCN(C)CC1)OC(=O)COc1ccc(C(C)(C)C)cc1. The molecule has 1 atom stereocenters. The highest BCUT2D eigenvalue weighted by molar-refractivity contribution is 5.71. The van der Waals surface area contributed by atoms with E-state index in [1.807, 2.05) is 31.2 Å². The third-order valence-electron chi connectivity index (χ3n) is 4.52. The van der Waals surface area contributed by atoms with Gasteiger partial charge in [-0.2, -0.15) is 0 Å². The van der Waals surface area contributed by atoms with Crippen molar-refractivity contribution in [2.75, 3.05) is 46.4 Å². The average molecular weight is 348 g/mol. The van der Waals surface area contributed by atoms with Gasteiger partial charge in [0.15, 0.2) is 6.61 Å². The summed E-state index contributed by atoms with van der Waals surface area (Å²) in [6.07, 6.45) is -0.122. The van der Waals surface area contributed by atoms with Crippen molar-refractivity contribution in [1.29, 1.82) is 0 Å². The summed E-state index contributed by atoms with van der Waals surface area (Å²) in [5.41, 5.74) is 1.35. The lowest BCUT2D eigenvalue weighted by molar-refractivity contribution is -0.151. The number of piperazine rings is 1. The Kier molecular flexibility index (Phi) is 6.85. The van der Waals surface area contributed by atoms with Crippen LogP contribution >= 0.6 is 0 Å². The third-order valence-corrected chi connectivity index (χ3v) is 4.52. The maximum absolute atomic E-state index is 12.0. The summed E-state index contributed by atoms with van der Waals surface area (Å²) in [5, 5.41) is 0. The fourth-order valence-corrected chi connectivity index (χ4v) is 2.88. The first-order valence-electron chi connectivity index (χ1n) is 9.08. The fraction of sp³-hybridized carbons (Fsp3) is 0.650. The molecule has 140 valence electrons. The molecule has 0 aliphatic carbocycles. The zero-order valence-electron chi connectivity index (χ0n) is 16.2. The van der Waals surface area contributed by atoms with E-state index in [-0.39, 0.29) is 24.1 Å². The molecule has 25 heavy (non-hydrogen) atoms. The van der Waals surface area contributed by atoms with Crippen LogP contribution in [-0.2, 0) is 14.9 Å². The van der Waals surface area contributed by atoms with Gasteiger partial charge < -0.3 is 14.4 Å². The molecule has 1 fully saturated rings. The summed E-state index contributed by atoms with van der Waals surface area (Å²) >= 11 is 0. The molecule has 1 aromatic rings. The third kappa shape index (κ3) is 6.67. The molecular formula is C20H32N2O3. The summed E-state index contributed by atoms with van der Waals surface area (Å²) in [4.78, 5) is 16.6. The second-order valence-corrected chi connectivity index (χ2v) is 7.97. The number of carbonyl (C=O) groups excluding carboxylic acids is 1. The van der Waals surface area contributed by atoms with E-state index in [4.69, 9.17) is 9.47 Å². The van der Waals surface area contributed by atoms with Gasteiger partial charge in [0, 0.05) is 32.7 Å². The first kappa shape index (κ1) is 19.7. The molecule has 1 unspecified atom stereocenters. The Morgan fingerprint density at radius 2 is 1.72 bits per heavy atom. The smallest absolute Gasteiger partial charge is 0.344 e. The number of benzene rings is 1. The monoisotopic (exact) mass is 348 g/mol. The Balaban J connectivity index is 1.71. The lowest BCUT2D eigenvalue weighted by Gasteiger charge is -2.33. The highest BCUT2D eigenvalue weighted by Crippen LogP contribution is 2.24. The largest absolute Gasteiger partial charge is 0.482 e. The Morgan fingerprint density at radius 3 is 2.28 bits per heavy atom. The van der Waals surface area contributed by atoms with Crippen LogP contribution < -0.4 is 4.74 Å². The average Bonchev–Trinajstić information content (AvgIpc) is 2.54. The van der Waals surface area contributed by atoms with Crippen molar-refractivity contribution in [3.63, 3.8) is 0 Å². The highest BCUT2D eigenvalue weighted by Gasteiger charge is 2.18. The molecule has 0 radical (unpaired) electrons. The molecule has 0 bridgehead atoms. The second-order valence-electron chi connectivity index (χ2n) is 7.97. The molecule has 1 saturated heterocycles. The van der Waals surface area contributed by atoms with Gasteiger partial charge in [-0.05, 0) is 37.1 Å². The van der Waals surface area contributed by atoms with Crippen LogP contribution in [0.15, 0.2) is 24.3 Å². The van der Waals surface area contributed by atoms with Crippen LogP contribution in [0.2, 0.25) is 0 Å². The van der Waals surface area contributed by atoms with Crippen LogP contribution in [0, 0.1) is 0 Å². The number of ether oxygens (including phenoxy) is 2. The van der Waals surface area contributed by atoms with Crippen LogP contribution in [0.3, 0.4) is 0 Å². The molecule has 0 N–H and O–H groups in total. The second kappa shape index (κ2) is 8.68. The van der Waals surface area contributed by atoms with Crippen molar-refractivity contribution in [3.05, 3.63) is 29.8 Å². The number of hydrogen-bond acceptors (Lipinski definition) is 5. The number of likely N-dealkylation sites (N-methyl/N-ethyl adjacent to an activating group) is 1. The predicted molar refractivity (Wildman–Crippen MR) is 100 cm³/mol. The van der Waals surface area contributed by atoms with Crippen molar-refractivity contribution in [2.45, 2.75) is 39.2 Å². The van der Waals surface area contributed by atoms with Gasteiger partial charge in [-0.1, -0.05) is 32.9 Å². The van der Waals surface area contributed by atoms with Crippen LogP contribution in [0.4, 0.5) is 0 Å². The van der Waals surface area contributed by atoms with Crippen molar-refractivity contribution in [2.24, 2.45) is 0 Å². The van der Waals surface area contributed by atoms with Gasteiger partial charge in [-0.15, -0.1) is 0 Å². The van der Waals surface area contributed by atoms with E-state index in [2.05, 4.69) is 37.6 Å². The quantitative estimate of drug-likeness (QED) is 0.739. The molecule has 1 aliphatic heterocycles. The van der Waals surface area contributed by atoms with Crippen molar-refractivity contribution in [1.82, 2.24) is 9.80 Å². The maximum atomic E-state index is 12.0. The Hall–Kier alpha value is -1.59. The molecular weight excluding hydrogens is 316 g/mol. The van der Waals surface area contributed by atoms with E-state index in [1.165, 1.54) is 5.56 Å². The van der Waals surface area contributed by atoms with Gasteiger partial charge in [-0.25, -0.2) is 4.79 Å². The Bertz CT molecular complexity index is 543. The summed E-state index contributed by atoms with van der Waals surface area (Å²) < 4.78 is 11.0. The molecule has 0 spiro atoms. The van der Waals surface area contributed by atoms with Crippen LogP contribution in [0.1, 0.15) is 33.3 Å². The topological polar surface area (TPSA) is 42.0 Å². The predicted octanol–water partition coefficient (Wildman–Crippen LogP) is 2.54. The molecule has 1 aliphatic rings. The lowest BCUT2D eigenvalue weighted by Crippen LogP contribution is -2.47. The first-order valence-corrected chi connectivity index (χ1v) is 9.08. The minimum Gasteiger partial charge on any atom is -0.482 e. The van der Waals surface area contributed by atoms with E-state index in [9.17, 15) is 4.79 Å². The van der Waals surface area contributed by atoms with Gasteiger partial charge in [-0.3, -0.25) is 4.90 Å². The lowest BCUT2D eigenvalue weighted by atomic mass is 9.87. The number of carbonyl (C=O) groups is 1. The molecule has 2 rings (SSSR count). The zero-order chi connectivity index (χ0) is 18.4. The summed E-state index contributed by atoms with van der Waals surface area (Å²) in [6.45, 7) is 13.3. The van der Waals surface area contributed by atoms with E-state index in [1.54, 1.807) is 0 Å². The summed E-state index contributed by atoms with van der Waals surface area (Å²) in [6, 6.07) is 7.89. The standard InChI is InChI=1S/C20H32N2O3/c1-16(14-22-12-10-21(5)11-13-22)25-19(23)15-24-18-8-6-17(7-9-18)20(2,3)4/h6-9,16H,10-15H2,1-5H3. The summed E-state index contributed by atoms with van der Waals surface area (Å²) in [7, 11) is 2.13. The van der Waals surface area contributed by atoms with Gasteiger partial charge in [0.2, 0.25) is 0 Å². The molecule has 0 aromatic heterocycles. The van der Waals surface area contributed by atoms with Crippen molar-refractivity contribution in [3.8, 4) is 5.75 Å². The normalized spacial score (nSPS) is 18.0. The minimum absolute atomic E-state index is 0.0536. The van der Waals surface area contributed by atoms with E-state index in [0.29, 0.717) is 5.75 Å². The molecule has 5 nitrogen and oxygen atoms in total. The van der Waals surface area contributed by atoms with Gasteiger partial charge in [0.05, 0.1) is 0 Å². The Morgan fingerprint density at radius 1 is 1.12 bits per heavy atom. The molecule has 0 saturated carbocycles. The zero-order valence-corrected chi connectivity index (χ0v) is 16.2.